The molecule has 0 aromatic heterocycles. The van der Waals surface area contributed by atoms with Crippen molar-refractivity contribution in [1.82, 2.24) is 0 Å². The van der Waals surface area contributed by atoms with E-state index in [2.05, 4.69) is 24.8 Å². The molecule has 0 bridgehead atoms. The highest BCUT2D eigenvalue weighted by Gasteiger charge is 2.47. The van der Waals surface area contributed by atoms with Crippen LogP contribution in [0.5, 0.6) is 0 Å². The van der Waals surface area contributed by atoms with Gasteiger partial charge in [-0.05, 0) is 37.3 Å². The van der Waals surface area contributed by atoms with Gasteiger partial charge in [0, 0.05) is 6.61 Å². The van der Waals surface area contributed by atoms with E-state index in [-0.39, 0.29) is 7.30 Å². The highest BCUT2D eigenvalue weighted by molar-refractivity contribution is 8.61. The van der Waals surface area contributed by atoms with Gasteiger partial charge in [0.2, 0.25) is 0 Å². The van der Waals surface area contributed by atoms with Crippen LogP contribution in [0.3, 0.4) is 0 Å². The molecule has 14 heavy (non-hydrogen) atoms. The summed E-state index contributed by atoms with van der Waals surface area (Å²) in [5.41, 5.74) is 1.25. The quantitative estimate of drug-likeness (QED) is 0.688. The van der Waals surface area contributed by atoms with Crippen LogP contribution in [-0.4, -0.2) is 17.9 Å². The summed E-state index contributed by atoms with van der Waals surface area (Å²) in [6.07, 6.45) is 5.27. The first kappa shape index (κ1) is 12.1. The highest BCUT2D eigenvalue weighted by atomic mass is 32.6. The summed E-state index contributed by atoms with van der Waals surface area (Å²) in [4.78, 5) is 0. The van der Waals surface area contributed by atoms with Crippen LogP contribution in [0.2, 0.25) is 0 Å². The van der Waals surface area contributed by atoms with E-state index in [0.29, 0.717) is 5.60 Å². The molecule has 82 valence electrons. The van der Waals surface area contributed by atoms with Crippen molar-refractivity contribution < 1.29 is 4.74 Å². The third-order valence-electron chi connectivity index (χ3n) is 3.62. The van der Waals surface area contributed by atoms with Gasteiger partial charge in [-0.2, -0.15) is 0 Å². The van der Waals surface area contributed by atoms with Gasteiger partial charge in [-0.3, -0.25) is 0 Å². The Morgan fingerprint density at radius 2 is 2.29 bits per heavy atom. The average molecular weight is 268 g/mol. The maximum Gasteiger partial charge on any atom is 0.0692 e. The van der Waals surface area contributed by atoms with Crippen molar-refractivity contribution in [3.63, 3.8) is 0 Å². The van der Waals surface area contributed by atoms with Crippen LogP contribution in [0, 0.1) is 5.92 Å². The van der Waals surface area contributed by atoms with Crippen LogP contribution < -0.4 is 0 Å². The van der Waals surface area contributed by atoms with E-state index in [0.717, 1.165) is 26.1 Å². The molecular formula is C9H20OP4. The molecule has 0 N–H and O–H groups in total. The van der Waals surface area contributed by atoms with E-state index in [1.54, 1.807) is 0 Å². The van der Waals surface area contributed by atoms with Crippen molar-refractivity contribution in [3.8, 4) is 0 Å². The molecule has 7 atom stereocenters. The topological polar surface area (TPSA) is 9.23 Å². The van der Waals surface area contributed by atoms with E-state index in [1.807, 2.05) is 0 Å². The van der Waals surface area contributed by atoms with Crippen molar-refractivity contribution in [2.45, 2.75) is 43.9 Å². The molecule has 1 aliphatic carbocycles. The van der Waals surface area contributed by atoms with Crippen molar-refractivity contribution in [2.75, 3.05) is 6.61 Å². The summed E-state index contributed by atoms with van der Waals surface area (Å²) in [6, 6.07) is 0. The van der Waals surface area contributed by atoms with Gasteiger partial charge in [0.15, 0.2) is 0 Å². The SMILES string of the molecule is CC1CC2(CCCO2)CC1P(P)PP. The molecular weight excluding hydrogens is 248 g/mol. The fourth-order valence-electron chi connectivity index (χ4n) is 2.93. The molecule has 1 aliphatic heterocycles. The van der Waals surface area contributed by atoms with E-state index < -0.39 is 0 Å². The van der Waals surface area contributed by atoms with Gasteiger partial charge in [-0.25, -0.2) is 0 Å². The van der Waals surface area contributed by atoms with Crippen LogP contribution in [0.4, 0.5) is 0 Å². The Morgan fingerprint density at radius 1 is 1.50 bits per heavy atom. The lowest BCUT2D eigenvalue weighted by molar-refractivity contribution is 0.00796. The van der Waals surface area contributed by atoms with E-state index in [9.17, 15) is 0 Å². The minimum atomic E-state index is 0.166. The standard InChI is InChI=1S/C9H20OP4/c1-7-5-9(3-2-4-10-9)6-8(7)14(12)13-11/h7-8,13H,2-6,11-12H2,1H3. The third kappa shape index (κ3) is 2.34. The predicted octanol–water partition coefficient (Wildman–Crippen LogP) is 3.99. The number of rotatable bonds is 2. The Balaban J connectivity index is 2.02. The lowest BCUT2D eigenvalue weighted by Gasteiger charge is -2.24. The van der Waals surface area contributed by atoms with Gasteiger partial charge >= 0.3 is 0 Å². The van der Waals surface area contributed by atoms with Gasteiger partial charge < -0.3 is 4.74 Å². The highest BCUT2D eigenvalue weighted by Crippen LogP contribution is 2.73. The maximum absolute atomic E-state index is 5.99. The minimum absolute atomic E-state index is 0.166. The van der Waals surface area contributed by atoms with Crippen molar-refractivity contribution in [3.05, 3.63) is 0 Å². The molecule has 2 aliphatic rings. The van der Waals surface area contributed by atoms with Gasteiger partial charge in [0.05, 0.1) is 5.60 Å². The molecule has 1 spiro atoms. The lowest BCUT2D eigenvalue weighted by atomic mass is 9.97. The van der Waals surface area contributed by atoms with Gasteiger partial charge in [0.1, 0.15) is 0 Å². The Morgan fingerprint density at radius 3 is 2.86 bits per heavy atom. The lowest BCUT2D eigenvalue weighted by Crippen LogP contribution is -2.23. The first-order valence-corrected chi connectivity index (χ1v) is 12.0. The third-order valence-corrected chi connectivity index (χ3v) is 15.1. The minimum Gasteiger partial charge on any atom is -0.375 e. The zero-order valence-electron chi connectivity index (χ0n) is 8.70. The molecule has 0 aromatic rings. The van der Waals surface area contributed by atoms with Crippen molar-refractivity contribution >= 4 is 33.1 Å². The zero-order chi connectivity index (χ0) is 10.2. The second kappa shape index (κ2) is 4.90. The largest absolute Gasteiger partial charge is 0.375 e. The number of ether oxygens (including phenoxy) is 1. The average Bonchev–Trinajstić information content (AvgIpc) is 2.74. The van der Waals surface area contributed by atoms with Crippen LogP contribution in [0.1, 0.15) is 32.6 Å². The summed E-state index contributed by atoms with van der Waals surface area (Å²) < 4.78 is 5.99. The van der Waals surface area contributed by atoms with Crippen LogP contribution in [-0.2, 0) is 4.74 Å². The monoisotopic (exact) mass is 268 g/mol. The zero-order valence-corrected chi connectivity index (χ0v) is 12.9. The fraction of sp³-hybridized carbons (Fsp3) is 1.00. The van der Waals surface area contributed by atoms with Crippen molar-refractivity contribution in [1.29, 1.82) is 0 Å². The van der Waals surface area contributed by atoms with E-state index in [4.69, 9.17) is 4.74 Å². The second-order valence-corrected chi connectivity index (χ2v) is 14.2. The molecule has 5 heteroatoms. The van der Waals surface area contributed by atoms with Crippen LogP contribution in [0.15, 0.2) is 0 Å². The van der Waals surface area contributed by atoms with Gasteiger partial charge in [-0.15, -0.1) is 17.9 Å². The Labute approximate surface area is 94.5 Å². The van der Waals surface area contributed by atoms with Crippen LogP contribution in [0.25, 0.3) is 0 Å². The summed E-state index contributed by atoms with van der Waals surface area (Å²) >= 11 is 0. The summed E-state index contributed by atoms with van der Waals surface area (Å²) in [5, 5.41) is 0. The summed E-state index contributed by atoms with van der Waals surface area (Å²) in [6.45, 7) is 3.43. The fourth-order valence-corrected chi connectivity index (χ4v) is 8.84. The molecule has 1 heterocycles. The van der Waals surface area contributed by atoms with Gasteiger partial charge in [-0.1, -0.05) is 22.2 Å². The predicted molar refractivity (Wildman–Crippen MR) is 74.8 cm³/mol. The number of hydrogen-bond donors (Lipinski definition) is 0. The molecule has 1 saturated heterocycles. The summed E-state index contributed by atoms with van der Waals surface area (Å²) in [5.74, 6) is 0.879. The second-order valence-electron chi connectivity index (χ2n) is 4.62. The Kier molecular flexibility index (Phi) is 4.25. The Hall–Kier alpha value is 1.68. The molecule has 0 amide bonds. The number of hydrogen-bond acceptors (Lipinski definition) is 1. The molecule has 0 aromatic carbocycles. The van der Waals surface area contributed by atoms with Crippen molar-refractivity contribution in [2.24, 2.45) is 5.92 Å². The first-order chi connectivity index (χ1) is 6.67. The van der Waals surface area contributed by atoms with E-state index >= 15 is 0 Å². The molecule has 7 unspecified atom stereocenters. The van der Waals surface area contributed by atoms with E-state index in [1.165, 1.54) is 25.7 Å². The molecule has 2 rings (SSSR count). The summed E-state index contributed by atoms with van der Waals surface area (Å²) in [7, 11) is 7.23. The molecule has 0 radical (unpaired) electrons. The molecule has 1 nitrogen and oxygen atoms in total. The molecule has 2 fully saturated rings. The van der Waals surface area contributed by atoms with Gasteiger partial charge in [0.25, 0.3) is 0 Å². The van der Waals surface area contributed by atoms with Crippen LogP contribution >= 0.6 is 33.1 Å². The normalized spacial score (nSPS) is 45.6. The Bertz CT molecular complexity index is 205. The maximum atomic E-state index is 5.99. The molecule has 1 saturated carbocycles. The first-order valence-electron chi connectivity index (χ1n) is 5.31. The smallest absolute Gasteiger partial charge is 0.0692 e.